The number of rotatable bonds is 2. The lowest BCUT2D eigenvalue weighted by atomic mass is 9.70. The van der Waals surface area contributed by atoms with Gasteiger partial charge in [-0.1, -0.05) is 26.8 Å². The number of non-ortho nitro benzene ring substituents is 1. The number of nitro groups is 1. The van der Waals surface area contributed by atoms with E-state index < -0.39 is 4.92 Å². The fourth-order valence-corrected chi connectivity index (χ4v) is 4.73. The molecule has 0 aliphatic heterocycles. The second-order valence-corrected chi connectivity index (χ2v) is 7.62. The Bertz CT molecular complexity index is 886. The maximum atomic E-state index is 12.9. The summed E-state index contributed by atoms with van der Waals surface area (Å²) in [6.45, 7) is 6.36. The topological polar surface area (TPSA) is 95.2 Å². The highest BCUT2D eigenvalue weighted by molar-refractivity contribution is 5.59. The normalized spacial score (nSPS) is 26.5. The summed E-state index contributed by atoms with van der Waals surface area (Å²) in [5.41, 5.74) is 1.11. The summed E-state index contributed by atoms with van der Waals surface area (Å²) in [6.07, 6.45) is 1.83. The van der Waals surface area contributed by atoms with E-state index in [1.54, 1.807) is 6.07 Å². The number of nitrogens with zero attached hydrogens (tertiary/aromatic N) is 3. The van der Waals surface area contributed by atoms with Crippen molar-refractivity contribution in [2.45, 2.75) is 44.9 Å². The van der Waals surface area contributed by atoms with E-state index in [0.717, 1.165) is 22.3 Å². The third kappa shape index (κ3) is 1.50. The second kappa shape index (κ2) is 4.28. The largest absolute Gasteiger partial charge is 0.710 e. The zero-order valence-electron chi connectivity index (χ0n) is 13.8. The van der Waals surface area contributed by atoms with Crippen LogP contribution >= 0.6 is 0 Å². The molecule has 2 aromatic rings. The van der Waals surface area contributed by atoms with E-state index >= 15 is 0 Å². The highest BCUT2D eigenvalue weighted by Gasteiger charge is 2.66. The minimum absolute atomic E-state index is 0.0531. The summed E-state index contributed by atoms with van der Waals surface area (Å²) in [5.74, 6) is 0.137. The van der Waals surface area contributed by atoms with Crippen molar-refractivity contribution in [3.05, 3.63) is 51.0 Å². The zero-order valence-corrected chi connectivity index (χ0v) is 13.8. The average Bonchev–Trinajstić information content (AvgIpc) is 2.99. The Morgan fingerprint density at radius 1 is 1.38 bits per heavy atom. The molecule has 4 rings (SSSR count). The first-order chi connectivity index (χ1) is 11.2. The molecule has 0 unspecified atom stereocenters. The van der Waals surface area contributed by atoms with Crippen LogP contribution in [0.3, 0.4) is 0 Å². The van der Waals surface area contributed by atoms with Crippen molar-refractivity contribution in [1.82, 2.24) is 4.73 Å². The van der Waals surface area contributed by atoms with Crippen LogP contribution in [0.2, 0.25) is 0 Å². The molecule has 1 fully saturated rings. The molecular formula is C17H19N3O4. The SMILES string of the molecule is CC1(C)[C@H]2CC[C@@]1(C)c1c2[n+]([O-])c(-c2cccc([N+](=O)[O-])c2)n1O. The molecule has 0 spiro atoms. The van der Waals surface area contributed by atoms with Gasteiger partial charge in [0, 0.05) is 23.5 Å². The van der Waals surface area contributed by atoms with Gasteiger partial charge < -0.3 is 10.4 Å². The Labute approximate surface area is 138 Å². The summed E-state index contributed by atoms with van der Waals surface area (Å²) in [5, 5.41) is 34.7. The Kier molecular flexibility index (Phi) is 2.68. The predicted molar refractivity (Wildman–Crippen MR) is 85.8 cm³/mol. The number of hydrogen-bond donors (Lipinski definition) is 1. The van der Waals surface area contributed by atoms with Gasteiger partial charge in [0.15, 0.2) is 11.4 Å². The number of fused-ring (bicyclic) bond motifs is 5. The van der Waals surface area contributed by atoms with Crippen LogP contribution in [0, 0.1) is 20.7 Å². The first kappa shape index (κ1) is 15.0. The number of nitro benzene ring substituents is 1. The van der Waals surface area contributed by atoms with Crippen LogP contribution in [0.15, 0.2) is 24.3 Å². The van der Waals surface area contributed by atoms with Crippen LogP contribution in [0.25, 0.3) is 11.4 Å². The maximum absolute atomic E-state index is 12.9. The summed E-state index contributed by atoms with van der Waals surface area (Å²) < 4.78 is 1.73. The van der Waals surface area contributed by atoms with Gasteiger partial charge in [0.1, 0.15) is 0 Å². The van der Waals surface area contributed by atoms with Gasteiger partial charge in [0.2, 0.25) is 0 Å². The number of hydrogen-bond acceptors (Lipinski definition) is 4. The molecule has 24 heavy (non-hydrogen) atoms. The molecule has 0 amide bonds. The van der Waals surface area contributed by atoms with Crippen LogP contribution in [0.1, 0.15) is 50.9 Å². The second-order valence-electron chi connectivity index (χ2n) is 7.62. The van der Waals surface area contributed by atoms with E-state index in [4.69, 9.17) is 0 Å². The Balaban J connectivity index is 1.96. The quantitative estimate of drug-likeness (QED) is 0.301. The van der Waals surface area contributed by atoms with E-state index in [1.165, 1.54) is 18.2 Å². The van der Waals surface area contributed by atoms with Crippen molar-refractivity contribution in [3.8, 4) is 11.4 Å². The van der Waals surface area contributed by atoms with Crippen molar-refractivity contribution >= 4 is 5.69 Å². The molecular weight excluding hydrogens is 310 g/mol. The molecule has 7 heteroatoms. The van der Waals surface area contributed by atoms with Gasteiger partial charge in [-0.05, 0) is 29.1 Å². The maximum Gasteiger partial charge on any atom is 0.331 e. The Morgan fingerprint density at radius 3 is 2.71 bits per heavy atom. The molecule has 1 aromatic carbocycles. The van der Waals surface area contributed by atoms with E-state index in [9.17, 15) is 20.5 Å². The minimum Gasteiger partial charge on any atom is -0.710 e. The monoisotopic (exact) mass is 329 g/mol. The van der Waals surface area contributed by atoms with E-state index in [-0.39, 0.29) is 28.3 Å². The van der Waals surface area contributed by atoms with Crippen LogP contribution < -0.4 is 4.73 Å². The lowest BCUT2D eigenvalue weighted by Gasteiger charge is -2.32. The predicted octanol–water partition coefficient (Wildman–Crippen LogP) is 3.11. The van der Waals surface area contributed by atoms with E-state index in [1.807, 2.05) is 0 Å². The first-order valence-electron chi connectivity index (χ1n) is 8.03. The standard InChI is InChI=1S/C17H19N3O4/c1-16(2)12-7-8-17(16,3)14-13(12)18(21)15(19(14)22)10-5-4-6-11(9-10)20(23)24/h4-6,9,12,22H,7-8H2,1-3H3/t12-,17-/m0/s1. The zero-order chi connectivity index (χ0) is 17.4. The molecule has 1 N–H and O–H groups in total. The molecule has 2 aliphatic rings. The lowest BCUT2D eigenvalue weighted by molar-refractivity contribution is -0.604. The Hall–Kier alpha value is -2.57. The van der Waals surface area contributed by atoms with Crippen LogP contribution in [0.5, 0.6) is 0 Å². The van der Waals surface area contributed by atoms with Crippen molar-refractivity contribution < 1.29 is 14.9 Å². The lowest BCUT2D eigenvalue weighted by Crippen LogP contribution is -2.36. The van der Waals surface area contributed by atoms with Crippen LogP contribution in [-0.2, 0) is 5.41 Å². The fourth-order valence-electron chi connectivity index (χ4n) is 4.73. The molecule has 1 heterocycles. The van der Waals surface area contributed by atoms with E-state index in [0.29, 0.717) is 17.0 Å². The molecule has 2 aliphatic carbocycles. The smallest absolute Gasteiger partial charge is 0.331 e. The van der Waals surface area contributed by atoms with Crippen molar-refractivity contribution in [1.29, 1.82) is 0 Å². The third-order valence-electron chi connectivity index (χ3n) is 6.46. The molecule has 0 radical (unpaired) electrons. The number of aromatic nitrogens is 2. The molecule has 1 aromatic heterocycles. The highest BCUT2D eigenvalue weighted by atomic mass is 16.6. The summed E-state index contributed by atoms with van der Waals surface area (Å²) in [7, 11) is 0. The molecule has 2 atom stereocenters. The van der Waals surface area contributed by atoms with Crippen molar-refractivity contribution in [2.24, 2.45) is 5.41 Å². The summed E-state index contributed by atoms with van der Waals surface area (Å²) in [6, 6.07) is 5.81. The molecule has 2 bridgehead atoms. The van der Waals surface area contributed by atoms with Crippen LogP contribution in [0.4, 0.5) is 5.69 Å². The first-order valence-corrected chi connectivity index (χ1v) is 8.03. The van der Waals surface area contributed by atoms with Gasteiger partial charge in [-0.2, -0.15) is 0 Å². The van der Waals surface area contributed by atoms with Gasteiger partial charge in [0.25, 0.3) is 5.69 Å². The van der Waals surface area contributed by atoms with Gasteiger partial charge >= 0.3 is 5.82 Å². The van der Waals surface area contributed by atoms with Gasteiger partial charge in [0.05, 0.1) is 10.5 Å². The van der Waals surface area contributed by atoms with E-state index in [2.05, 4.69) is 20.8 Å². The van der Waals surface area contributed by atoms with Crippen LogP contribution in [-0.4, -0.2) is 14.9 Å². The minimum atomic E-state index is -0.509. The summed E-state index contributed by atoms with van der Waals surface area (Å²) in [4.78, 5) is 10.5. The van der Waals surface area contributed by atoms with Gasteiger partial charge in [-0.25, -0.2) is 4.73 Å². The summed E-state index contributed by atoms with van der Waals surface area (Å²) >= 11 is 0. The van der Waals surface area contributed by atoms with Gasteiger partial charge in [-0.3, -0.25) is 10.1 Å². The molecule has 1 saturated carbocycles. The fraction of sp³-hybridized carbons (Fsp3) is 0.471. The van der Waals surface area contributed by atoms with Gasteiger partial charge in [-0.15, -0.1) is 0 Å². The van der Waals surface area contributed by atoms with Crippen molar-refractivity contribution in [2.75, 3.05) is 0 Å². The van der Waals surface area contributed by atoms with Crippen molar-refractivity contribution in [3.63, 3.8) is 0 Å². The molecule has 126 valence electrons. The number of benzene rings is 1. The Morgan fingerprint density at radius 2 is 2.08 bits per heavy atom. The average molecular weight is 329 g/mol. The highest BCUT2D eigenvalue weighted by Crippen LogP contribution is 2.67. The molecule has 0 saturated heterocycles. The molecule has 7 nitrogen and oxygen atoms in total. The number of imidazole rings is 1. The third-order valence-corrected chi connectivity index (χ3v) is 6.46.